The Labute approximate surface area is 124 Å². The molecule has 0 aliphatic carbocycles. The number of rotatable bonds is 7. The number of nitro benzene ring substituents is 1. The van der Waals surface area contributed by atoms with Gasteiger partial charge in [-0.3, -0.25) is 14.9 Å². The van der Waals surface area contributed by atoms with E-state index in [1.807, 2.05) is 0 Å². The van der Waals surface area contributed by atoms with Crippen LogP contribution in [0.3, 0.4) is 0 Å². The van der Waals surface area contributed by atoms with Crippen LogP contribution >= 0.6 is 15.9 Å². The van der Waals surface area contributed by atoms with Crippen LogP contribution in [0.4, 0.5) is 5.69 Å². The summed E-state index contributed by atoms with van der Waals surface area (Å²) < 4.78 is 5.38. The fraction of sp³-hybridized carbons (Fsp3) is 0.417. The number of hydrogen-bond donors (Lipinski definition) is 2. The number of aliphatic hydroxyl groups is 1. The maximum absolute atomic E-state index is 12.0. The number of nitrogens with one attached hydrogen (secondary N) is 1. The van der Waals surface area contributed by atoms with Gasteiger partial charge in [0.25, 0.3) is 11.6 Å². The molecule has 1 aromatic rings. The number of benzene rings is 1. The molecule has 0 aliphatic heterocycles. The number of nitro groups is 1. The summed E-state index contributed by atoms with van der Waals surface area (Å²) in [5.41, 5.74) is 0.0000857. The third kappa shape index (κ3) is 4.87. The molecule has 8 heteroatoms. The summed E-state index contributed by atoms with van der Waals surface area (Å²) in [7, 11) is 1.49. The molecule has 0 fully saturated rings. The highest BCUT2D eigenvalue weighted by Gasteiger charge is 2.17. The maximum atomic E-state index is 12.0. The van der Waals surface area contributed by atoms with Crippen molar-refractivity contribution in [2.75, 3.05) is 20.3 Å². The number of hydrogen-bond acceptors (Lipinski definition) is 5. The van der Waals surface area contributed by atoms with E-state index < -0.39 is 10.8 Å². The Hall–Kier alpha value is -1.51. The number of carbonyl (C=O) groups is 1. The number of nitrogens with zero attached hydrogens (tertiary/aromatic N) is 1. The Morgan fingerprint density at radius 2 is 2.25 bits per heavy atom. The smallest absolute Gasteiger partial charge is 0.271 e. The van der Waals surface area contributed by atoms with Crippen LogP contribution in [0.1, 0.15) is 16.8 Å². The van der Waals surface area contributed by atoms with Gasteiger partial charge in [0.1, 0.15) is 0 Å². The molecule has 0 aliphatic rings. The number of halogens is 1. The number of aliphatic hydroxyl groups excluding tert-OH is 1. The Bertz CT molecular complexity index is 489. The summed E-state index contributed by atoms with van der Waals surface area (Å²) in [5, 5.41) is 22.3. The van der Waals surface area contributed by atoms with Crippen molar-refractivity contribution >= 4 is 27.5 Å². The van der Waals surface area contributed by atoms with E-state index in [1.54, 1.807) is 0 Å². The van der Waals surface area contributed by atoms with Crippen LogP contribution in [0.2, 0.25) is 0 Å². The van der Waals surface area contributed by atoms with Gasteiger partial charge in [-0.1, -0.05) is 15.9 Å². The van der Waals surface area contributed by atoms with Crippen molar-refractivity contribution in [3.63, 3.8) is 0 Å². The zero-order chi connectivity index (χ0) is 15.1. The van der Waals surface area contributed by atoms with Gasteiger partial charge in [-0.15, -0.1) is 0 Å². The lowest BCUT2D eigenvalue weighted by Crippen LogP contribution is -2.38. The molecule has 0 bridgehead atoms. The molecular formula is C12H15BrN2O5. The molecule has 7 nitrogen and oxygen atoms in total. The van der Waals surface area contributed by atoms with Gasteiger partial charge >= 0.3 is 0 Å². The molecule has 0 radical (unpaired) electrons. The minimum absolute atomic E-state index is 0.0903. The molecular weight excluding hydrogens is 332 g/mol. The highest BCUT2D eigenvalue weighted by atomic mass is 79.9. The van der Waals surface area contributed by atoms with Crippen LogP contribution < -0.4 is 5.32 Å². The minimum Gasteiger partial charge on any atom is -0.396 e. The van der Waals surface area contributed by atoms with Gasteiger partial charge in [-0.2, -0.15) is 0 Å². The lowest BCUT2D eigenvalue weighted by Gasteiger charge is -2.16. The average molecular weight is 347 g/mol. The van der Waals surface area contributed by atoms with E-state index in [-0.39, 0.29) is 30.5 Å². The summed E-state index contributed by atoms with van der Waals surface area (Å²) in [5.74, 6) is -0.454. The number of amides is 1. The van der Waals surface area contributed by atoms with E-state index in [0.29, 0.717) is 10.9 Å². The van der Waals surface area contributed by atoms with Crippen molar-refractivity contribution in [3.05, 3.63) is 38.3 Å². The molecule has 0 heterocycles. The highest BCUT2D eigenvalue weighted by molar-refractivity contribution is 9.10. The molecule has 110 valence electrons. The summed E-state index contributed by atoms with van der Waals surface area (Å²) in [6.07, 6.45) is 0.343. The van der Waals surface area contributed by atoms with Gasteiger partial charge in [0, 0.05) is 35.9 Å². The molecule has 2 N–H and O–H groups in total. The van der Waals surface area contributed by atoms with Crippen LogP contribution in [0.15, 0.2) is 22.7 Å². The van der Waals surface area contributed by atoms with E-state index in [9.17, 15) is 14.9 Å². The fourth-order valence-corrected chi connectivity index (χ4v) is 2.11. The quantitative estimate of drug-likeness (QED) is 0.575. The molecule has 0 saturated carbocycles. The van der Waals surface area contributed by atoms with E-state index in [4.69, 9.17) is 9.84 Å². The van der Waals surface area contributed by atoms with Crippen LogP contribution in [-0.2, 0) is 4.74 Å². The average Bonchev–Trinajstić information content (AvgIpc) is 2.38. The van der Waals surface area contributed by atoms with Crippen LogP contribution in [0.25, 0.3) is 0 Å². The Balaban J connectivity index is 2.88. The number of non-ortho nitro benzene ring substituents is 1. The van der Waals surface area contributed by atoms with Crippen LogP contribution in [0, 0.1) is 10.1 Å². The van der Waals surface area contributed by atoms with E-state index in [1.165, 1.54) is 25.3 Å². The molecule has 1 rings (SSSR count). The van der Waals surface area contributed by atoms with Gasteiger partial charge in [0.05, 0.1) is 17.6 Å². The Morgan fingerprint density at radius 1 is 1.55 bits per heavy atom. The van der Waals surface area contributed by atoms with Gasteiger partial charge in [0.15, 0.2) is 0 Å². The first-order chi connectivity index (χ1) is 9.47. The maximum Gasteiger partial charge on any atom is 0.271 e. The molecule has 0 aromatic heterocycles. The molecule has 1 atom stereocenters. The standard InChI is InChI=1S/C12H15BrN2O5/c1-20-7-10(2-3-16)14-12(17)8-4-9(13)6-11(5-8)15(18)19/h4-6,10,16H,2-3,7H2,1H3,(H,14,17). The van der Waals surface area contributed by atoms with Crippen molar-refractivity contribution in [1.82, 2.24) is 5.32 Å². The number of carbonyl (C=O) groups excluding carboxylic acids is 1. The largest absolute Gasteiger partial charge is 0.396 e. The third-order valence-corrected chi connectivity index (χ3v) is 2.99. The molecule has 20 heavy (non-hydrogen) atoms. The van der Waals surface area contributed by atoms with Crippen molar-refractivity contribution in [1.29, 1.82) is 0 Å². The zero-order valence-corrected chi connectivity index (χ0v) is 12.4. The summed E-state index contributed by atoms with van der Waals surface area (Å²) >= 11 is 3.13. The van der Waals surface area contributed by atoms with E-state index in [0.717, 1.165) is 0 Å². The lowest BCUT2D eigenvalue weighted by atomic mass is 10.1. The van der Waals surface area contributed by atoms with Gasteiger partial charge < -0.3 is 15.2 Å². The van der Waals surface area contributed by atoms with Gasteiger partial charge in [-0.05, 0) is 12.5 Å². The zero-order valence-electron chi connectivity index (χ0n) is 10.8. The molecule has 1 aromatic carbocycles. The third-order valence-electron chi connectivity index (χ3n) is 2.54. The second-order valence-electron chi connectivity index (χ2n) is 4.09. The predicted molar refractivity (Wildman–Crippen MR) is 75.6 cm³/mol. The second kappa shape index (κ2) is 7.93. The van der Waals surface area contributed by atoms with Crippen LogP contribution in [-0.4, -0.2) is 42.3 Å². The number of methoxy groups -OCH3 is 1. The Morgan fingerprint density at radius 3 is 2.80 bits per heavy atom. The highest BCUT2D eigenvalue weighted by Crippen LogP contribution is 2.21. The summed E-state index contributed by atoms with van der Waals surface area (Å²) in [6.45, 7) is 0.162. The van der Waals surface area contributed by atoms with Crippen molar-refractivity contribution in [2.24, 2.45) is 0 Å². The minimum atomic E-state index is -0.568. The lowest BCUT2D eigenvalue weighted by molar-refractivity contribution is -0.385. The van der Waals surface area contributed by atoms with E-state index in [2.05, 4.69) is 21.2 Å². The predicted octanol–water partition coefficient (Wildman–Crippen LogP) is 1.48. The van der Waals surface area contributed by atoms with Crippen molar-refractivity contribution in [2.45, 2.75) is 12.5 Å². The topological polar surface area (TPSA) is 102 Å². The first kappa shape index (κ1) is 16.5. The molecule has 0 spiro atoms. The SMILES string of the molecule is COCC(CCO)NC(=O)c1cc(Br)cc([N+](=O)[O-])c1. The normalized spacial score (nSPS) is 11.9. The second-order valence-corrected chi connectivity index (χ2v) is 5.01. The van der Waals surface area contributed by atoms with Gasteiger partial charge in [0.2, 0.25) is 0 Å². The van der Waals surface area contributed by atoms with Crippen LogP contribution in [0.5, 0.6) is 0 Å². The Kier molecular flexibility index (Phi) is 6.56. The van der Waals surface area contributed by atoms with Crippen molar-refractivity contribution < 1.29 is 19.6 Å². The number of ether oxygens (including phenoxy) is 1. The summed E-state index contributed by atoms with van der Waals surface area (Å²) in [6, 6.07) is 3.65. The molecule has 1 amide bonds. The molecule has 1 unspecified atom stereocenters. The fourth-order valence-electron chi connectivity index (χ4n) is 1.63. The first-order valence-electron chi connectivity index (χ1n) is 5.83. The van der Waals surface area contributed by atoms with E-state index >= 15 is 0 Å². The van der Waals surface area contributed by atoms with Crippen molar-refractivity contribution in [3.8, 4) is 0 Å². The summed E-state index contributed by atoms with van der Waals surface area (Å²) in [4.78, 5) is 22.2. The molecule has 0 saturated heterocycles. The monoisotopic (exact) mass is 346 g/mol. The van der Waals surface area contributed by atoms with Gasteiger partial charge in [-0.25, -0.2) is 0 Å². The first-order valence-corrected chi connectivity index (χ1v) is 6.63.